The summed E-state index contributed by atoms with van der Waals surface area (Å²) in [5.74, 6) is 1.88. The largest absolute Gasteiger partial charge is 0.469 e. The third kappa shape index (κ3) is 4.09. The average molecular weight is 314 g/mol. The lowest BCUT2D eigenvalue weighted by Gasteiger charge is -2.31. The second-order valence-corrected chi connectivity index (χ2v) is 5.88. The molecule has 0 saturated carbocycles. The van der Waals surface area contributed by atoms with E-state index in [1.807, 2.05) is 25.1 Å². The first kappa shape index (κ1) is 15.5. The van der Waals surface area contributed by atoms with Gasteiger partial charge in [-0.2, -0.15) is 0 Å². The summed E-state index contributed by atoms with van der Waals surface area (Å²) in [6.07, 6.45) is 5.84. The maximum atomic E-state index is 12.2. The predicted octanol–water partition coefficient (Wildman–Crippen LogP) is 1.95. The summed E-state index contributed by atoms with van der Waals surface area (Å²) < 4.78 is 5.26. The molecule has 1 amide bonds. The Morgan fingerprint density at radius 3 is 2.91 bits per heavy atom. The van der Waals surface area contributed by atoms with Crippen molar-refractivity contribution in [3.8, 4) is 0 Å². The number of nitrogens with one attached hydrogen (secondary N) is 1. The van der Waals surface area contributed by atoms with Crippen LogP contribution in [0.15, 0.2) is 35.1 Å². The van der Waals surface area contributed by atoms with Crippen LogP contribution in [0, 0.1) is 12.8 Å². The van der Waals surface area contributed by atoms with E-state index in [-0.39, 0.29) is 11.8 Å². The van der Waals surface area contributed by atoms with Crippen LogP contribution in [-0.2, 0) is 11.2 Å². The van der Waals surface area contributed by atoms with Gasteiger partial charge in [-0.15, -0.1) is 0 Å². The van der Waals surface area contributed by atoms with Gasteiger partial charge in [0.2, 0.25) is 11.9 Å². The van der Waals surface area contributed by atoms with Gasteiger partial charge in [0.05, 0.1) is 6.26 Å². The van der Waals surface area contributed by atoms with Crippen molar-refractivity contribution in [2.45, 2.75) is 26.2 Å². The molecule has 1 saturated heterocycles. The monoisotopic (exact) mass is 314 g/mol. The van der Waals surface area contributed by atoms with Gasteiger partial charge in [-0.05, 0) is 38.0 Å². The summed E-state index contributed by atoms with van der Waals surface area (Å²) in [5.41, 5.74) is 0.966. The molecule has 23 heavy (non-hydrogen) atoms. The molecule has 6 heteroatoms. The third-order valence-electron chi connectivity index (χ3n) is 4.18. The Kier molecular flexibility index (Phi) is 4.90. The van der Waals surface area contributed by atoms with Gasteiger partial charge in [0.1, 0.15) is 5.76 Å². The van der Waals surface area contributed by atoms with E-state index in [2.05, 4.69) is 20.2 Å². The number of hydrogen-bond donors (Lipinski definition) is 1. The van der Waals surface area contributed by atoms with Crippen LogP contribution in [0.2, 0.25) is 0 Å². The smallest absolute Gasteiger partial charge is 0.225 e. The molecule has 1 aliphatic rings. The van der Waals surface area contributed by atoms with E-state index in [1.165, 1.54) is 0 Å². The van der Waals surface area contributed by atoms with E-state index >= 15 is 0 Å². The molecule has 0 atom stereocenters. The Morgan fingerprint density at radius 1 is 1.39 bits per heavy atom. The second-order valence-electron chi connectivity index (χ2n) is 5.88. The highest BCUT2D eigenvalue weighted by Crippen LogP contribution is 2.20. The molecule has 0 unspecified atom stereocenters. The van der Waals surface area contributed by atoms with E-state index in [4.69, 9.17) is 4.42 Å². The number of nitrogens with zero attached hydrogens (tertiary/aromatic N) is 3. The van der Waals surface area contributed by atoms with E-state index < -0.39 is 0 Å². The van der Waals surface area contributed by atoms with Crippen molar-refractivity contribution in [2.24, 2.45) is 5.92 Å². The Balaban J connectivity index is 1.44. The summed E-state index contributed by atoms with van der Waals surface area (Å²) in [6, 6.07) is 5.68. The van der Waals surface area contributed by atoms with Crippen LogP contribution in [0.5, 0.6) is 0 Å². The molecule has 1 aliphatic heterocycles. The molecule has 122 valence electrons. The maximum absolute atomic E-state index is 12.2. The highest BCUT2D eigenvalue weighted by molar-refractivity contribution is 5.78. The van der Waals surface area contributed by atoms with Crippen LogP contribution in [0.3, 0.4) is 0 Å². The molecule has 1 fully saturated rings. The fraction of sp³-hybridized carbons (Fsp3) is 0.471. The lowest BCUT2D eigenvalue weighted by Crippen LogP contribution is -2.41. The van der Waals surface area contributed by atoms with Crippen molar-refractivity contribution >= 4 is 11.9 Å². The van der Waals surface area contributed by atoms with Gasteiger partial charge in [0, 0.05) is 43.9 Å². The first-order chi connectivity index (χ1) is 11.2. The van der Waals surface area contributed by atoms with E-state index in [0.717, 1.165) is 49.8 Å². The molecule has 0 bridgehead atoms. The van der Waals surface area contributed by atoms with Crippen molar-refractivity contribution in [3.05, 3.63) is 42.1 Å². The van der Waals surface area contributed by atoms with Gasteiger partial charge in [-0.3, -0.25) is 4.79 Å². The molecule has 2 aromatic rings. The maximum Gasteiger partial charge on any atom is 0.225 e. The molecule has 1 N–H and O–H groups in total. The molecule has 0 aliphatic carbocycles. The zero-order valence-electron chi connectivity index (χ0n) is 13.4. The number of amides is 1. The minimum absolute atomic E-state index is 0.0765. The van der Waals surface area contributed by atoms with Crippen molar-refractivity contribution in [1.29, 1.82) is 0 Å². The molecule has 6 nitrogen and oxygen atoms in total. The number of rotatable bonds is 5. The molecule has 0 spiro atoms. The summed E-state index contributed by atoms with van der Waals surface area (Å²) >= 11 is 0. The number of anilines is 1. The number of aryl methyl sites for hydroxylation is 1. The fourth-order valence-electron chi connectivity index (χ4n) is 2.84. The number of piperidine rings is 1. The Bertz CT molecular complexity index is 634. The zero-order valence-corrected chi connectivity index (χ0v) is 13.4. The SMILES string of the molecule is Cc1ccnc(N2CCC(C(=O)NCCc3ccco3)CC2)n1. The minimum Gasteiger partial charge on any atom is -0.469 e. The minimum atomic E-state index is 0.0765. The topological polar surface area (TPSA) is 71.3 Å². The zero-order chi connectivity index (χ0) is 16.1. The molecular formula is C17H22N4O2. The van der Waals surface area contributed by atoms with Crippen LogP contribution in [0.25, 0.3) is 0 Å². The van der Waals surface area contributed by atoms with Gasteiger partial charge in [-0.1, -0.05) is 0 Å². The first-order valence-electron chi connectivity index (χ1n) is 8.07. The Hall–Kier alpha value is -2.37. The standard InChI is InChI=1S/C17H22N4O2/c1-13-4-8-19-17(20-13)21-10-6-14(7-11-21)16(22)18-9-5-15-3-2-12-23-15/h2-4,8,12,14H,5-7,9-11H2,1H3,(H,18,22). The Labute approximate surface area is 135 Å². The van der Waals surface area contributed by atoms with Crippen molar-refractivity contribution < 1.29 is 9.21 Å². The van der Waals surface area contributed by atoms with Crippen molar-refractivity contribution in [2.75, 3.05) is 24.5 Å². The lowest BCUT2D eigenvalue weighted by molar-refractivity contribution is -0.125. The molecule has 0 radical (unpaired) electrons. The van der Waals surface area contributed by atoms with Crippen LogP contribution in [-0.4, -0.2) is 35.5 Å². The summed E-state index contributed by atoms with van der Waals surface area (Å²) in [5, 5.41) is 3.01. The van der Waals surface area contributed by atoms with E-state index in [1.54, 1.807) is 12.5 Å². The predicted molar refractivity (Wildman–Crippen MR) is 87.1 cm³/mol. The normalized spacial score (nSPS) is 15.6. The lowest BCUT2D eigenvalue weighted by atomic mass is 9.96. The van der Waals surface area contributed by atoms with Gasteiger partial charge in [0.25, 0.3) is 0 Å². The number of aromatic nitrogens is 2. The first-order valence-corrected chi connectivity index (χ1v) is 8.07. The molecule has 3 heterocycles. The fourth-order valence-corrected chi connectivity index (χ4v) is 2.84. The van der Waals surface area contributed by atoms with E-state index in [9.17, 15) is 4.79 Å². The quantitative estimate of drug-likeness (QED) is 0.913. The van der Waals surface area contributed by atoms with Crippen molar-refractivity contribution in [1.82, 2.24) is 15.3 Å². The summed E-state index contributed by atoms with van der Waals surface area (Å²) in [6.45, 7) is 4.22. The third-order valence-corrected chi connectivity index (χ3v) is 4.18. The second kappa shape index (κ2) is 7.26. The highest BCUT2D eigenvalue weighted by Gasteiger charge is 2.25. The summed E-state index contributed by atoms with van der Waals surface area (Å²) in [7, 11) is 0. The Morgan fingerprint density at radius 2 is 2.22 bits per heavy atom. The van der Waals surface area contributed by atoms with Crippen molar-refractivity contribution in [3.63, 3.8) is 0 Å². The number of carbonyl (C=O) groups is 1. The van der Waals surface area contributed by atoms with Gasteiger partial charge >= 0.3 is 0 Å². The number of hydrogen-bond acceptors (Lipinski definition) is 5. The van der Waals surface area contributed by atoms with Gasteiger partial charge in [-0.25, -0.2) is 9.97 Å². The van der Waals surface area contributed by atoms with Crippen LogP contribution < -0.4 is 10.2 Å². The number of carbonyl (C=O) groups excluding carboxylic acids is 1. The van der Waals surface area contributed by atoms with Crippen LogP contribution in [0.1, 0.15) is 24.3 Å². The summed E-state index contributed by atoms with van der Waals surface area (Å²) in [4.78, 5) is 23.1. The molecular weight excluding hydrogens is 292 g/mol. The molecule has 0 aromatic carbocycles. The van der Waals surface area contributed by atoms with Gasteiger partial charge in [0.15, 0.2) is 0 Å². The van der Waals surface area contributed by atoms with Crippen LogP contribution >= 0.6 is 0 Å². The average Bonchev–Trinajstić information content (AvgIpc) is 3.08. The van der Waals surface area contributed by atoms with Crippen LogP contribution in [0.4, 0.5) is 5.95 Å². The molecule has 2 aromatic heterocycles. The van der Waals surface area contributed by atoms with Gasteiger partial charge < -0.3 is 14.6 Å². The van der Waals surface area contributed by atoms with E-state index in [0.29, 0.717) is 6.54 Å². The molecule has 3 rings (SSSR count). The number of furan rings is 1. The highest BCUT2D eigenvalue weighted by atomic mass is 16.3.